The van der Waals surface area contributed by atoms with Gasteiger partial charge in [0.1, 0.15) is 11.6 Å². The van der Waals surface area contributed by atoms with Crippen molar-refractivity contribution in [2.24, 2.45) is 0 Å². The largest absolute Gasteiger partial charge is 0.478 e. The number of aromatic carboxylic acids is 1. The number of amides is 1. The zero-order chi connectivity index (χ0) is 17.5. The average Bonchev–Trinajstić information content (AvgIpc) is 2.60. The fraction of sp³-hybridized carbons (Fsp3) is 0.105. The van der Waals surface area contributed by atoms with Gasteiger partial charge >= 0.3 is 5.97 Å². The normalized spacial score (nSPS) is 10.8. The van der Waals surface area contributed by atoms with Crippen molar-refractivity contribution in [2.45, 2.75) is 13.3 Å². The number of anilines is 1. The van der Waals surface area contributed by atoms with Gasteiger partial charge in [-0.05, 0) is 41.8 Å². The minimum atomic E-state index is -1.09. The van der Waals surface area contributed by atoms with Crippen LogP contribution < -0.4 is 5.32 Å². The highest BCUT2D eigenvalue weighted by Crippen LogP contribution is 2.14. The maximum Gasteiger partial charge on any atom is 0.335 e. The molecule has 0 radical (unpaired) electrons. The molecule has 2 aromatic rings. The van der Waals surface area contributed by atoms with Gasteiger partial charge in [-0.3, -0.25) is 4.79 Å². The van der Waals surface area contributed by atoms with Gasteiger partial charge in [0.2, 0.25) is 0 Å². The molecule has 5 nitrogen and oxygen atoms in total. The fourth-order valence-corrected chi connectivity index (χ4v) is 2.09. The smallest absolute Gasteiger partial charge is 0.335 e. The second-order valence-corrected chi connectivity index (χ2v) is 5.11. The minimum absolute atomic E-state index is 0.0556. The van der Waals surface area contributed by atoms with E-state index in [1.54, 1.807) is 6.07 Å². The number of hydrogen-bond acceptors (Lipinski definition) is 3. The van der Waals surface area contributed by atoms with Crippen LogP contribution in [-0.2, 0) is 11.2 Å². The molecule has 24 heavy (non-hydrogen) atoms. The van der Waals surface area contributed by atoms with Crippen LogP contribution in [0.15, 0.2) is 54.1 Å². The van der Waals surface area contributed by atoms with Gasteiger partial charge in [0.15, 0.2) is 0 Å². The van der Waals surface area contributed by atoms with E-state index in [-0.39, 0.29) is 11.1 Å². The Kier molecular flexibility index (Phi) is 5.48. The summed E-state index contributed by atoms with van der Waals surface area (Å²) in [5.41, 5.74) is 2.24. The number of carbonyl (C=O) groups excluding carboxylic acids is 1. The Morgan fingerprint density at radius 2 is 1.92 bits per heavy atom. The standard InChI is InChI=1S/C19H16N2O3/c1-2-13-6-8-14(9-7-13)10-16(12-20)18(22)21-17-5-3-4-15(11-17)19(23)24/h3-11H,2H2,1H3,(H,21,22)(H,23,24)/b16-10-. The molecule has 1 amide bonds. The summed E-state index contributed by atoms with van der Waals surface area (Å²) in [5.74, 6) is -1.67. The molecule has 0 saturated carbocycles. The summed E-state index contributed by atoms with van der Waals surface area (Å²) in [6.07, 6.45) is 2.41. The van der Waals surface area contributed by atoms with E-state index in [0.717, 1.165) is 12.0 Å². The number of nitrogens with zero attached hydrogens (tertiary/aromatic N) is 1. The van der Waals surface area contributed by atoms with Crippen LogP contribution in [-0.4, -0.2) is 17.0 Å². The van der Waals surface area contributed by atoms with E-state index in [2.05, 4.69) is 5.32 Å². The molecule has 0 aliphatic carbocycles. The van der Waals surface area contributed by atoms with Gasteiger partial charge in [0.05, 0.1) is 5.56 Å². The van der Waals surface area contributed by atoms with Crippen LogP contribution in [0.4, 0.5) is 5.69 Å². The van der Waals surface area contributed by atoms with Crippen molar-refractivity contribution in [3.8, 4) is 6.07 Å². The minimum Gasteiger partial charge on any atom is -0.478 e. The molecule has 0 heterocycles. The average molecular weight is 320 g/mol. The number of hydrogen-bond donors (Lipinski definition) is 2. The molecule has 0 fully saturated rings. The maximum absolute atomic E-state index is 12.2. The summed E-state index contributed by atoms with van der Waals surface area (Å²) >= 11 is 0. The van der Waals surface area contributed by atoms with Crippen LogP contribution >= 0.6 is 0 Å². The highest BCUT2D eigenvalue weighted by atomic mass is 16.4. The number of benzene rings is 2. The van der Waals surface area contributed by atoms with Gasteiger partial charge < -0.3 is 10.4 Å². The monoisotopic (exact) mass is 320 g/mol. The predicted octanol–water partition coefficient (Wildman–Crippen LogP) is 3.49. The van der Waals surface area contributed by atoms with Gasteiger partial charge in [0.25, 0.3) is 5.91 Å². The van der Waals surface area contributed by atoms with Crippen LogP contribution in [0.5, 0.6) is 0 Å². The molecule has 0 unspecified atom stereocenters. The Hall–Kier alpha value is -3.39. The second-order valence-electron chi connectivity index (χ2n) is 5.11. The summed E-state index contributed by atoms with van der Waals surface area (Å²) in [6, 6.07) is 15.3. The predicted molar refractivity (Wildman–Crippen MR) is 91.4 cm³/mol. The van der Waals surface area contributed by atoms with Gasteiger partial charge in [-0.25, -0.2) is 4.79 Å². The first kappa shape index (κ1) is 17.0. The topological polar surface area (TPSA) is 90.2 Å². The lowest BCUT2D eigenvalue weighted by atomic mass is 10.1. The van der Waals surface area contributed by atoms with Crippen LogP contribution in [0.2, 0.25) is 0 Å². The Morgan fingerprint density at radius 1 is 1.21 bits per heavy atom. The van der Waals surface area contributed by atoms with Crippen molar-refractivity contribution in [1.82, 2.24) is 0 Å². The van der Waals surface area contributed by atoms with Crippen LogP contribution in [0, 0.1) is 11.3 Å². The fourth-order valence-electron chi connectivity index (χ4n) is 2.09. The summed E-state index contributed by atoms with van der Waals surface area (Å²) in [5, 5.41) is 20.7. The first-order valence-corrected chi connectivity index (χ1v) is 7.39. The van der Waals surface area contributed by atoms with Crippen molar-refractivity contribution < 1.29 is 14.7 Å². The number of carbonyl (C=O) groups is 2. The molecular formula is C19H16N2O3. The van der Waals surface area contributed by atoms with E-state index in [1.807, 2.05) is 37.3 Å². The van der Waals surface area contributed by atoms with E-state index in [4.69, 9.17) is 5.11 Å². The maximum atomic E-state index is 12.2. The van der Waals surface area contributed by atoms with E-state index < -0.39 is 11.9 Å². The van der Waals surface area contributed by atoms with Crippen LogP contribution in [0.3, 0.4) is 0 Å². The van der Waals surface area contributed by atoms with E-state index >= 15 is 0 Å². The zero-order valence-electron chi connectivity index (χ0n) is 13.1. The molecule has 0 bridgehead atoms. The molecule has 0 saturated heterocycles. The SMILES string of the molecule is CCc1ccc(/C=C(/C#N)C(=O)Nc2cccc(C(=O)O)c2)cc1. The molecule has 5 heteroatoms. The lowest BCUT2D eigenvalue weighted by Crippen LogP contribution is -2.13. The quantitative estimate of drug-likeness (QED) is 0.652. The lowest BCUT2D eigenvalue weighted by Gasteiger charge is -2.05. The molecular weight excluding hydrogens is 304 g/mol. The third-order valence-corrected chi connectivity index (χ3v) is 3.43. The number of carboxylic acid groups (broad SMARTS) is 1. The highest BCUT2D eigenvalue weighted by Gasteiger charge is 2.11. The zero-order valence-corrected chi connectivity index (χ0v) is 13.1. The molecule has 120 valence electrons. The van der Waals surface area contributed by atoms with Crippen molar-refractivity contribution >= 4 is 23.6 Å². The summed E-state index contributed by atoms with van der Waals surface area (Å²) in [4.78, 5) is 23.1. The van der Waals surface area contributed by atoms with Gasteiger partial charge in [-0.1, -0.05) is 37.3 Å². The van der Waals surface area contributed by atoms with Gasteiger partial charge in [-0.15, -0.1) is 0 Å². The molecule has 2 rings (SSSR count). The first-order chi connectivity index (χ1) is 11.5. The summed E-state index contributed by atoms with van der Waals surface area (Å²) < 4.78 is 0. The third-order valence-electron chi connectivity index (χ3n) is 3.43. The third kappa shape index (κ3) is 4.31. The molecule has 2 N–H and O–H groups in total. The Labute approximate surface area is 139 Å². The summed E-state index contributed by atoms with van der Waals surface area (Å²) in [6.45, 7) is 2.05. The molecule has 2 aromatic carbocycles. The molecule has 0 spiro atoms. The van der Waals surface area contributed by atoms with Gasteiger partial charge in [-0.2, -0.15) is 5.26 Å². The Bertz CT molecular complexity index is 830. The van der Waals surface area contributed by atoms with Gasteiger partial charge in [0, 0.05) is 5.69 Å². The lowest BCUT2D eigenvalue weighted by molar-refractivity contribution is -0.112. The highest BCUT2D eigenvalue weighted by molar-refractivity contribution is 6.10. The van der Waals surface area contributed by atoms with Crippen molar-refractivity contribution in [1.29, 1.82) is 5.26 Å². The Balaban J connectivity index is 2.19. The number of nitrogens with one attached hydrogen (secondary N) is 1. The van der Waals surface area contributed by atoms with Crippen LogP contribution in [0.25, 0.3) is 6.08 Å². The van der Waals surface area contributed by atoms with Crippen molar-refractivity contribution in [3.05, 3.63) is 70.8 Å². The number of carboxylic acids is 1. The van der Waals surface area contributed by atoms with Crippen molar-refractivity contribution in [3.63, 3.8) is 0 Å². The molecule has 0 aliphatic rings. The Morgan fingerprint density at radius 3 is 2.50 bits per heavy atom. The first-order valence-electron chi connectivity index (χ1n) is 7.39. The molecule has 0 atom stereocenters. The van der Waals surface area contributed by atoms with Crippen LogP contribution in [0.1, 0.15) is 28.4 Å². The summed E-state index contributed by atoms with van der Waals surface area (Å²) in [7, 11) is 0. The van der Waals surface area contributed by atoms with E-state index in [1.165, 1.54) is 29.8 Å². The second kappa shape index (κ2) is 7.75. The molecule has 0 aromatic heterocycles. The number of nitriles is 1. The van der Waals surface area contributed by atoms with E-state index in [0.29, 0.717) is 5.69 Å². The number of rotatable bonds is 5. The molecule has 0 aliphatic heterocycles. The van der Waals surface area contributed by atoms with E-state index in [9.17, 15) is 14.9 Å². The van der Waals surface area contributed by atoms with Crippen molar-refractivity contribution in [2.75, 3.05) is 5.32 Å². The number of aryl methyl sites for hydroxylation is 1.